The molecule has 0 amide bonds. The minimum Gasteiger partial charge on any atom is -0.298 e. The third-order valence-electron chi connectivity index (χ3n) is 2.52. The van der Waals surface area contributed by atoms with Gasteiger partial charge in [-0.25, -0.2) is 4.68 Å². The first kappa shape index (κ1) is 10.6. The number of carbonyl (C=O) groups is 1. The number of aldehydes is 1. The lowest BCUT2D eigenvalue weighted by Crippen LogP contribution is -2.03. The van der Waals surface area contributed by atoms with Gasteiger partial charge in [-0.05, 0) is 18.6 Å². The maximum absolute atomic E-state index is 10.9. The highest BCUT2D eigenvalue weighted by atomic mass is 16.1. The smallest absolute Gasteiger partial charge is 0.153 e. The summed E-state index contributed by atoms with van der Waals surface area (Å²) in [6.07, 6.45) is 4.37. The lowest BCUT2D eigenvalue weighted by molar-refractivity contribution is 0.112. The molecule has 0 saturated heterocycles. The highest BCUT2D eigenvalue weighted by Gasteiger charge is 2.10. The second-order valence-corrected chi connectivity index (χ2v) is 3.66. The number of benzene rings is 1. The molecule has 3 nitrogen and oxygen atoms in total. The summed E-state index contributed by atoms with van der Waals surface area (Å²) < 4.78 is 1.84. The maximum atomic E-state index is 10.9. The van der Waals surface area contributed by atoms with Gasteiger partial charge in [0.15, 0.2) is 6.29 Å². The second kappa shape index (κ2) is 4.75. The van der Waals surface area contributed by atoms with Crippen molar-refractivity contribution in [3.8, 4) is 5.69 Å². The van der Waals surface area contributed by atoms with Crippen molar-refractivity contribution in [1.29, 1.82) is 0 Å². The SMILES string of the molecule is CCCc1c(C=O)cnn1-c1ccccc1. The molecule has 0 aliphatic rings. The minimum atomic E-state index is 0.686. The number of hydrogen-bond acceptors (Lipinski definition) is 2. The summed E-state index contributed by atoms with van der Waals surface area (Å²) in [4.78, 5) is 10.9. The summed E-state index contributed by atoms with van der Waals surface area (Å²) in [5, 5.41) is 4.26. The zero-order chi connectivity index (χ0) is 11.4. The molecular weight excluding hydrogens is 200 g/mol. The topological polar surface area (TPSA) is 34.9 Å². The van der Waals surface area contributed by atoms with E-state index >= 15 is 0 Å². The summed E-state index contributed by atoms with van der Waals surface area (Å²) in [6.45, 7) is 2.09. The Kier molecular flexibility index (Phi) is 3.15. The average molecular weight is 214 g/mol. The summed E-state index contributed by atoms with van der Waals surface area (Å²) in [7, 11) is 0. The molecule has 1 heterocycles. The summed E-state index contributed by atoms with van der Waals surface area (Å²) in [6, 6.07) is 9.87. The Morgan fingerprint density at radius 3 is 2.69 bits per heavy atom. The lowest BCUT2D eigenvalue weighted by Gasteiger charge is -2.06. The fourth-order valence-electron chi connectivity index (χ4n) is 1.76. The van der Waals surface area contributed by atoms with Crippen LogP contribution in [0.4, 0.5) is 0 Å². The van der Waals surface area contributed by atoms with Crippen LogP contribution in [0.5, 0.6) is 0 Å². The van der Waals surface area contributed by atoms with E-state index in [1.807, 2.05) is 35.0 Å². The molecule has 1 aromatic carbocycles. The van der Waals surface area contributed by atoms with Crippen molar-refractivity contribution >= 4 is 6.29 Å². The molecule has 3 heteroatoms. The van der Waals surface area contributed by atoms with E-state index < -0.39 is 0 Å². The standard InChI is InChI=1S/C13H14N2O/c1-2-6-13-11(10-16)9-14-15(13)12-7-4-3-5-8-12/h3-5,7-10H,2,6H2,1H3. The van der Waals surface area contributed by atoms with Crippen molar-refractivity contribution in [2.24, 2.45) is 0 Å². The van der Waals surface area contributed by atoms with Crippen LogP contribution >= 0.6 is 0 Å². The first-order chi connectivity index (χ1) is 7.86. The second-order valence-electron chi connectivity index (χ2n) is 3.66. The predicted octanol–water partition coefficient (Wildman–Crippen LogP) is 2.64. The number of hydrogen-bond donors (Lipinski definition) is 0. The van der Waals surface area contributed by atoms with E-state index in [1.54, 1.807) is 6.20 Å². The van der Waals surface area contributed by atoms with E-state index in [0.29, 0.717) is 5.56 Å². The molecule has 2 aromatic rings. The van der Waals surface area contributed by atoms with Gasteiger partial charge >= 0.3 is 0 Å². The molecular formula is C13H14N2O. The zero-order valence-electron chi connectivity index (χ0n) is 9.26. The van der Waals surface area contributed by atoms with E-state index in [2.05, 4.69) is 12.0 Å². The lowest BCUT2D eigenvalue weighted by atomic mass is 10.1. The molecule has 82 valence electrons. The van der Waals surface area contributed by atoms with Gasteiger partial charge in [-0.3, -0.25) is 4.79 Å². The van der Waals surface area contributed by atoms with Crippen molar-refractivity contribution in [1.82, 2.24) is 9.78 Å². The Bertz CT molecular complexity index is 474. The monoisotopic (exact) mass is 214 g/mol. The first-order valence-corrected chi connectivity index (χ1v) is 5.44. The van der Waals surface area contributed by atoms with Crippen molar-refractivity contribution in [2.45, 2.75) is 19.8 Å². The maximum Gasteiger partial charge on any atom is 0.153 e. The number of para-hydroxylation sites is 1. The minimum absolute atomic E-state index is 0.686. The Morgan fingerprint density at radius 2 is 2.06 bits per heavy atom. The van der Waals surface area contributed by atoms with Gasteiger partial charge in [-0.15, -0.1) is 0 Å². The first-order valence-electron chi connectivity index (χ1n) is 5.44. The highest BCUT2D eigenvalue weighted by molar-refractivity contribution is 5.76. The van der Waals surface area contributed by atoms with E-state index in [0.717, 1.165) is 30.5 Å². The molecule has 0 bridgehead atoms. The fraction of sp³-hybridized carbons (Fsp3) is 0.231. The molecule has 0 unspecified atom stereocenters. The summed E-state index contributed by atoms with van der Waals surface area (Å²) >= 11 is 0. The van der Waals surface area contributed by atoms with Crippen LogP contribution in [-0.2, 0) is 6.42 Å². The number of carbonyl (C=O) groups excluding carboxylic acids is 1. The average Bonchev–Trinajstić information content (AvgIpc) is 2.74. The van der Waals surface area contributed by atoms with Gasteiger partial charge in [0, 0.05) is 0 Å². The Hall–Kier alpha value is -1.90. The van der Waals surface area contributed by atoms with Crippen LogP contribution in [0.3, 0.4) is 0 Å². The fourth-order valence-corrected chi connectivity index (χ4v) is 1.76. The summed E-state index contributed by atoms with van der Waals surface area (Å²) in [5.41, 5.74) is 2.67. The quantitative estimate of drug-likeness (QED) is 0.733. The van der Waals surface area contributed by atoms with E-state index in [-0.39, 0.29) is 0 Å². The van der Waals surface area contributed by atoms with Crippen LogP contribution in [0.2, 0.25) is 0 Å². The third-order valence-corrected chi connectivity index (χ3v) is 2.52. The van der Waals surface area contributed by atoms with Crippen molar-refractivity contribution in [3.05, 3.63) is 47.8 Å². The number of aromatic nitrogens is 2. The van der Waals surface area contributed by atoms with Crippen LogP contribution < -0.4 is 0 Å². The van der Waals surface area contributed by atoms with Crippen LogP contribution in [0.1, 0.15) is 29.4 Å². The van der Waals surface area contributed by atoms with Crippen molar-refractivity contribution in [2.75, 3.05) is 0 Å². The van der Waals surface area contributed by atoms with Crippen LogP contribution in [0.25, 0.3) is 5.69 Å². The molecule has 16 heavy (non-hydrogen) atoms. The van der Waals surface area contributed by atoms with Gasteiger partial charge in [0.25, 0.3) is 0 Å². The molecule has 0 aliphatic carbocycles. The number of nitrogens with zero attached hydrogens (tertiary/aromatic N) is 2. The van der Waals surface area contributed by atoms with Gasteiger partial charge in [0.2, 0.25) is 0 Å². The molecule has 2 rings (SSSR count). The van der Waals surface area contributed by atoms with Gasteiger partial charge in [0.05, 0.1) is 23.1 Å². The highest BCUT2D eigenvalue weighted by Crippen LogP contribution is 2.15. The molecule has 0 atom stereocenters. The molecule has 0 fully saturated rings. The molecule has 0 N–H and O–H groups in total. The number of rotatable bonds is 4. The van der Waals surface area contributed by atoms with Gasteiger partial charge < -0.3 is 0 Å². The van der Waals surface area contributed by atoms with Crippen LogP contribution in [0.15, 0.2) is 36.5 Å². The zero-order valence-corrected chi connectivity index (χ0v) is 9.26. The van der Waals surface area contributed by atoms with Crippen molar-refractivity contribution < 1.29 is 4.79 Å². The Balaban J connectivity index is 2.48. The molecule has 0 spiro atoms. The van der Waals surface area contributed by atoms with E-state index in [9.17, 15) is 4.79 Å². The molecule has 0 radical (unpaired) electrons. The largest absolute Gasteiger partial charge is 0.298 e. The van der Waals surface area contributed by atoms with E-state index in [4.69, 9.17) is 0 Å². The molecule has 0 saturated carbocycles. The Morgan fingerprint density at radius 1 is 1.31 bits per heavy atom. The third kappa shape index (κ3) is 1.89. The van der Waals surface area contributed by atoms with Gasteiger partial charge in [0.1, 0.15) is 0 Å². The van der Waals surface area contributed by atoms with Crippen LogP contribution in [0, 0.1) is 0 Å². The summed E-state index contributed by atoms with van der Waals surface area (Å²) in [5.74, 6) is 0. The van der Waals surface area contributed by atoms with Crippen molar-refractivity contribution in [3.63, 3.8) is 0 Å². The molecule has 1 aromatic heterocycles. The van der Waals surface area contributed by atoms with E-state index in [1.165, 1.54) is 0 Å². The van der Waals surface area contributed by atoms with Gasteiger partial charge in [-0.2, -0.15) is 5.10 Å². The van der Waals surface area contributed by atoms with Crippen LogP contribution in [-0.4, -0.2) is 16.1 Å². The van der Waals surface area contributed by atoms with Gasteiger partial charge in [-0.1, -0.05) is 31.5 Å². The predicted molar refractivity (Wildman–Crippen MR) is 62.9 cm³/mol. The Labute approximate surface area is 94.7 Å². The molecule has 0 aliphatic heterocycles. The normalized spacial score (nSPS) is 10.3.